The molecular weight excluding hydrogens is 199 g/mol. The van der Waals surface area contributed by atoms with E-state index < -0.39 is 0 Å². The van der Waals surface area contributed by atoms with E-state index in [0.29, 0.717) is 5.92 Å². The van der Waals surface area contributed by atoms with Crippen LogP contribution in [0.1, 0.15) is 57.6 Å². The molecule has 0 N–H and O–H groups in total. The van der Waals surface area contributed by atoms with Gasteiger partial charge < -0.3 is 0 Å². The lowest BCUT2D eigenvalue weighted by Gasteiger charge is -2.16. The first-order valence-electron chi connectivity index (χ1n) is 6.09. The standard InChI is InChI=1S/C15H21F/c1-5-11(4)14-9-8-13(16)10-15(14)12(6-2)7-3/h6,8-11H,5,7H2,1-4H3/b12-6-. The van der Waals surface area contributed by atoms with Gasteiger partial charge in [0.2, 0.25) is 0 Å². The van der Waals surface area contributed by atoms with E-state index in [9.17, 15) is 4.39 Å². The Bertz CT molecular complexity index is 377. The summed E-state index contributed by atoms with van der Waals surface area (Å²) in [4.78, 5) is 0. The van der Waals surface area contributed by atoms with Crippen molar-refractivity contribution in [3.63, 3.8) is 0 Å². The number of allylic oxidation sites excluding steroid dienone is 2. The minimum Gasteiger partial charge on any atom is -0.207 e. The molecule has 0 spiro atoms. The number of halogens is 1. The normalized spacial score (nSPS) is 13.9. The predicted molar refractivity (Wildman–Crippen MR) is 69.0 cm³/mol. The van der Waals surface area contributed by atoms with Gasteiger partial charge in [-0.25, -0.2) is 4.39 Å². The van der Waals surface area contributed by atoms with E-state index in [2.05, 4.69) is 26.8 Å². The van der Waals surface area contributed by atoms with Crippen molar-refractivity contribution in [2.24, 2.45) is 0 Å². The first-order valence-corrected chi connectivity index (χ1v) is 6.09. The van der Waals surface area contributed by atoms with E-state index in [1.807, 2.05) is 13.0 Å². The van der Waals surface area contributed by atoms with Crippen molar-refractivity contribution in [1.82, 2.24) is 0 Å². The zero-order valence-corrected chi connectivity index (χ0v) is 10.7. The van der Waals surface area contributed by atoms with Crippen LogP contribution in [0.15, 0.2) is 24.3 Å². The fraction of sp³-hybridized carbons (Fsp3) is 0.467. The van der Waals surface area contributed by atoms with Crippen LogP contribution < -0.4 is 0 Å². The van der Waals surface area contributed by atoms with E-state index in [0.717, 1.165) is 18.4 Å². The van der Waals surface area contributed by atoms with Gasteiger partial charge in [0, 0.05) is 0 Å². The summed E-state index contributed by atoms with van der Waals surface area (Å²) in [5.41, 5.74) is 3.58. The predicted octanol–water partition coefficient (Wildman–Crippen LogP) is 5.15. The van der Waals surface area contributed by atoms with Gasteiger partial charge in [-0.15, -0.1) is 0 Å². The van der Waals surface area contributed by atoms with Crippen LogP contribution in [-0.2, 0) is 0 Å². The molecule has 0 saturated heterocycles. The third-order valence-electron chi connectivity index (χ3n) is 3.23. The summed E-state index contributed by atoms with van der Waals surface area (Å²) in [5, 5.41) is 0. The van der Waals surface area contributed by atoms with Crippen molar-refractivity contribution < 1.29 is 4.39 Å². The molecule has 0 radical (unpaired) electrons. The maximum atomic E-state index is 13.3. The van der Waals surface area contributed by atoms with Gasteiger partial charge in [0.25, 0.3) is 0 Å². The lowest BCUT2D eigenvalue weighted by atomic mass is 9.89. The first kappa shape index (κ1) is 13.0. The lowest BCUT2D eigenvalue weighted by Crippen LogP contribution is -1.99. The SMILES string of the molecule is C/C=C(/CC)c1cc(F)ccc1C(C)CC. The Kier molecular flexibility index (Phi) is 4.72. The lowest BCUT2D eigenvalue weighted by molar-refractivity contribution is 0.624. The molecule has 1 atom stereocenters. The highest BCUT2D eigenvalue weighted by Gasteiger charge is 2.12. The quantitative estimate of drug-likeness (QED) is 0.658. The fourth-order valence-corrected chi connectivity index (χ4v) is 2.01. The molecule has 0 amide bonds. The molecule has 1 unspecified atom stereocenters. The third kappa shape index (κ3) is 2.72. The van der Waals surface area contributed by atoms with Crippen LogP contribution in [0, 0.1) is 5.82 Å². The van der Waals surface area contributed by atoms with Crippen LogP contribution in [0.3, 0.4) is 0 Å². The van der Waals surface area contributed by atoms with Crippen molar-refractivity contribution in [3.8, 4) is 0 Å². The molecule has 0 aliphatic carbocycles. The van der Waals surface area contributed by atoms with Crippen LogP contribution in [0.5, 0.6) is 0 Å². The summed E-state index contributed by atoms with van der Waals surface area (Å²) in [6.07, 6.45) is 4.11. The van der Waals surface area contributed by atoms with Crippen LogP contribution in [-0.4, -0.2) is 0 Å². The van der Waals surface area contributed by atoms with Gasteiger partial charge >= 0.3 is 0 Å². The summed E-state index contributed by atoms with van der Waals surface area (Å²) in [7, 11) is 0. The van der Waals surface area contributed by atoms with Gasteiger partial charge in [-0.1, -0.05) is 32.9 Å². The molecule has 1 aromatic carbocycles. The van der Waals surface area contributed by atoms with Gasteiger partial charge in [0.05, 0.1) is 0 Å². The van der Waals surface area contributed by atoms with E-state index in [4.69, 9.17) is 0 Å². The smallest absolute Gasteiger partial charge is 0.123 e. The van der Waals surface area contributed by atoms with Gasteiger partial charge in [-0.05, 0) is 54.5 Å². The number of hydrogen-bond donors (Lipinski definition) is 0. The van der Waals surface area contributed by atoms with Gasteiger partial charge in [-0.3, -0.25) is 0 Å². The van der Waals surface area contributed by atoms with Crippen molar-refractivity contribution in [2.75, 3.05) is 0 Å². The maximum absolute atomic E-state index is 13.3. The fourth-order valence-electron chi connectivity index (χ4n) is 2.01. The molecule has 1 heteroatoms. The summed E-state index contributed by atoms with van der Waals surface area (Å²) in [6.45, 7) is 8.49. The molecule has 1 aromatic rings. The van der Waals surface area contributed by atoms with Crippen LogP contribution in [0.4, 0.5) is 4.39 Å². The zero-order valence-electron chi connectivity index (χ0n) is 10.7. The summed E-state index contributed by atoms with van der Waals surface area (Å²) in [6, 6.07) is 5.16. The molecular formula is C15H21F. The number of benzene rings is 1. The van der Waals surface area contributed by atoms with E-state index in [1.165, 1.54) is 11.1 Å². The summed E-state index contributed by atoms with van der Waals surface area (Å²) >= 11 is 0. The Morgan fingerprint density at radius 3 is 2.56 bits per heavy atom. The maximum Gasteiger partial charge on any atom is 0.123 e. The molecule has 0 aliphatic heterocycles. The minimum atomic E-state index is -0.144. The molecule has 88 valence electrons. The molecule has 0 fully saturated rings. The Labute approximate surface area is 98.2 Å². The highest BCUT2D eigenvalue weighted by Crippen LogP contribution is 2.30. The second-order valence-corrected chi connectivity index (χ2v) is 4.21. The second kappa shape index (κ2) is 5.83. The number of rotatable bonds is 4. The Morgan fingerprint density at radius 2 is 2.06 bits per heavy atom. The molecule has 0 aromatic heterocycles. The molecule has 16 heavy (non-hydrogen) atoms. The zero-order chi connectivity index (χ0) is 12.1. The van der Waals surface area contributed by atoms with Crippen LogP contribution in [0.25, 0.3) is 5.57 Å². The van der Waals surface area contributed by atoms with Crippen molar-refractivity contribution in [1.29, 1.82) is 0 Å². The average molecular weight is 220 g/mol. The van der Waals surface area contributed by atoms with Gasteiger partial charge in [-0.2, -0.15) is 0 Å². The summed E-state index contributed by atoms with van der Waals surface area (Å²) < 4.78 is 13.3. The topological polar surface area (TPSA) is 0 Å². The molecule has 0 aliphatic rings. The van der Waals surface area contributed by atoms with Crippen molar-refractivity contribution >= 4 is 5.57 Å². The monoisotopic (exact) mass is 220 g/mol. The van der Waals surface area contributed by atoms with Gasteiger partial charge in [0.15, 0.2) is 0 Å². The Morgan fingerprint density at radius 1 is 1.38 bits per heavy atom. The molecule has 0 nitrogen and oxygen atoms in total. The van der Waals surface area contributed by atoms with Gasteiger partial charge in [0.1, 0.15) is 5.82 Å². The van der Waals surface area contributed by atoms with E-state index in [-0.39, 0.29) is 5.82 Å². The number of hydrogen-bond acceptors (Lipinski definition) is 0. The molecule has 0 bridgehead atoms. The molecule has 0 saturated carbocycles. The van der Waals surface area contributed by atoms with E-state index >= 15 is 0 Å². The van der Waals surface area contributed by atoms with Crippen LogP contribution >= 0.6 is 0 Å². The molecule has 1 rings (SSSR count). The van der Waals surface area contributed by atoms with Crippen molar-refractivity contribution in [3.05, 3.63) is 41.2 Å². The average Bonchev–Trinajstić information content (AvgIpc) is 2.30. The Balaban J connectivity index is 3.28. The Hall–Kier alpha value is -1.11. The van der Waals surface area contributed by atoms with Crippen LogP contribution in [0.2, 0.25) is 0 Å². The van der Waals surface area contributed by atoms with E-state index in [1.54, 1.807) is 12.1 Å². The second-order valence-electron chi connectivity index (χ2n) is 4.21. The highest BCUT2D eigenvalue weighted by molar-refractivity contribution is 5.68. The third-order valence-corrected chi connectivity index (χ3v) is 3.23. The summed E-state index contributed by atoms with van der Waals surface area (Å²) in [5.74, 6) is 0.340. The highest BCUT2D eigenvalue weighted by atomic mass is 19.1. The minimum absolute atomic E-state index is 0.144. The molecule has 0 heterocycles. The van der Waals surface area contributed by atoms with Crippen molar-refractivity contribution in [2.45, 2.75) is 46.5 Å². The first-order chi connectivity index (χ1) is 7.63. The largest absolute Gasteiger partial charge is 0.207 e.